The second-order valence-electron chi connectivity index (χ2n) is 4.84. The van der Waals surface area contributed by atoms with E-state index in [9.17, 15) is 19.7 Å². The van der Waals surface area contributed by atoms with Gasteiger partial charge in [0.05, 0.1) is 10.5 Å². The van der Waals surface area contributed by atoms with E-state index >= 15 is 0 Å². The Balaban J connectivity index is 1.96. The molecular formula is C12H8Cl2N2O4. The lowest BCUT2D eigenvalue weighted by molar-refractivity contribution is -0.385. The van der Waals surface area contributed by atoms with Crippen LogP contribution in [0.1, 0.15) is 27.1 Å². The number of imide groups is 1. The fraction of sp³-hybridized carbons (Fsp3) is 0.333. The molecule has 2 aliphatic rings. The molecule has 0 spiro atoms. The van der Waals surface area contributed by atoms with Gasteiger partial charge >= 0.3 is 0 Å². The lowest BCUT2D eigenvalue weighted by Crippen LogP contribution is -2.32. The summed E-state index contributed by atoms with van der Waals surface area (Å²) in [4.78, 5) is 35.6. The molecule has 1 saturated carbocycles. The number of hydrogen-bond donors (Lipinski definition) is 0. The van der Waals surface area contributed by atoms with Gasteiger partial charge in [-0.3, -0.25) is 24.6 Å². The van der Waals surface area contributed by atoms with Gasteiger partial charge in [-0.1, -0.05) is 6.07 Å². The number of fused-ring (bicyclic) bond motifs is 1. The summed E-state index contributed by atoms with van der Waals surface area (Å²) in [6.45, 7) is 0.0799. The highest BCUT2D eigenvalue weighted by molar-refractivity contribution is 6.50. The van der Waals surface area contributed by atoms with E-state index in [0.717, 1.165) is 4.90 Å². The summed E-state index contributed by atoms with van der Waals surface area (Å²) < 4.78 is -0.915. The Hall–Kier alpha value is -1.66. The molecule has 0 bridgehead atoms. The van der Waals surface area contributed by atoms with Crippen molar-refractivity contribution in [2.75, 3.05) is 6.54 Å². The van der Waals surface area contributed by atoms with Crippen LogP contribution in [0.15, 0.2) is 18.2 Å². The van der Waals surface area contributed by atoms with Crippen molar-refractivity contribution in [3.63, 3.8) is 0 Å². The lowest BCUT2D eigenvalue weighted by Gasteiger charge is -2.13. The third-order valence-corrected chi connectivity index (χ3v) is 4.46. The average Bonchev–Trinajstić information content (AvgIpc) is 2.92. The van der Waals surface area contributed by atoms with Gasteiger partial charge < -0.3 is 0 Å². The molecule has 0 aromatic heterocycles. The van der Waals surface area contributed by atoms with Crippen molar-refractivity contribution in [2.45, 2.75) is 10.8 Å². The standard InChI is InChI=1S/C12H8Cl2N2O4/c13-12(14)4-6(12)5-15-10(17)7-2-1-3-8(16(19)20)9(7)11(15)18/h1-3,6H,4-5H2/t6-/m0/s1. The lowest BCUT2D eigenvalue weighted by atomic mass is 10.1. The van der Waals surface area contributed by atoms with Gasteiger partial charge in [-0.15, -0.1) is 23.2 Å². The van der Waals surface area contributed by atoms with Gasteiger partial charge in [0, 0.05) is 18.5 Å². The van der Waals surface area contributed by atoms with E-state index in [4.69, 9.17) is 23.2 Å². The zero-order valence-corrected chi connectivity index (χ0v) is 11.5. The van der Waals surface area contributed by atoms with Crippen LogP contribution in [0.2, 0.25) is 0 Å². The van der Waals surface area contributed by atoms with Crippen molar-refractivity contribution < 1.29 is 14.5 Å². The van der Waals surface area contributed by atoms with Crippen molar-refractivity contribution in [1.82, 2.24) is 4.90 Å². The zero-order valence-electron chi connectivity index (χ0n) is 10.0. The van der Waals surface area contributed by atoms with Crippen molar-refractivity contribution in [3.8, 4) is 0 Å². The molecule has 1 aromatic rings. The highest BCUT2D eigenvalue weighted by Gasteiger charge is 2.54. The van der Waals surface area contributed by atoms with Crippen molar-refractivity contribution >= 4 is 40.7 Å². The van der Waals surface area contributed by atoms with Gasteiger partial charge in [-0.25, -0.2) is 0 Å². The van der Waals surface area contributed by atoms with Gasteiger partial charge in [0.1, 0.15) is 9.90 Å². The fourth-order valence-electron chi connectivity index (χ4n) is 2.32. The van der Waals surface area contributed by atoms with Crippen LogP contribution in [0.3, 0.4) is 0 Å². The number of carbonyl (C=O) groups is 2. The Morgan fingerprint density at radius 1 is 1.35 bits per heavy atom. The normalized spacial score (nSPS) is 22.9. The molecule has 1 aromatic carbocycles. The topological polar surface area (TPSA) is 80.5 Å². The molecule has 6 nitrogen and oxygen atoms in total. The van der Waals surface area contributed by atoms with Crippen LogP contribution in [0.4, 0.5) is 5.69 Å². The summed E-state index contributed by atoms with van der Waals surface area (Å²) in [6, 6.07) is 4.00. The molecule has 1 heterocycles. The maximum Gasteiger partial charge on any atom is 0.282 e. The average molecular weight is 315 g/mol. The minimum absolute atomic E-state index is 0.0552. The van der Waals surface area contributed by atoms with E-state index < -0.39 is 21.1 Å². The predicted octanol–water partition coefficient (Wildman–Crippen LogP) is 2.38. The first-order chi connectivity index (χ1) is 9.33. The second kappa shape index (κ2) is 4.17. The molecule has 3 rings (SSSR count). The van der Waals surface area contributed by atoms with Gasteiger partial charge in [0.2, 0.25) is 0 Å². The van der Waals surface area contributed by atoms with Crippen molar-refractivity contribution in [3.05, 3.63) is 39.4 Å². The molecule has 1 aliphatic carbocycles. The number of carbonyl (C=O) groups excluding carboxylic acids is 2. The Morgan fingerprint density at radius 2 is 2.00 bits per heavy atom. The van der Waals surface area contributed by atoms with Crippen LogP contribution in [-0.2, 0) is 0 Å². The number of hydrogen-bond acceptors (Lipinski definition) is 4. The van der Waals surface area contributed by atoms with Crippen molar-refractivity contribution in [1.29, 1.82) is 0 Å². The first-order valence-electron chi connectivity index (χ1n) is 5.84. The predicted molar refractivity (Wildman–Crippen MR) is 71.0 cm³/mol. The minimum Gasteiger partial charge on any atom is -0.274 e. The molecule has 2 amide bonds. The summed E-state index contributed by atoms with van der Waals surface area (Å²) in [6.07, 6.45) is 0.492. The maximum atomic E-state index is 12.2. The highest BCUT2D eigenvalue weighted by atomic mass is 35.5. The molecule has 1 atom stereocenters. The Labute approximate surface area is 123 Å². The van der Waals surface area contributed by atoms with Crippen LogP contribution in [0.25, 0.3) is 0 Å². The SMILES string of the molecule is O=C1c2cccc([N+](=O)[O-])c2C(=O)N1C[C@@H]1CC1(Cl)Cl. The molecule has 0 N–H and O–H groups in total. The number of nitro benzene ring substituents is 1. The largest absolute Gasteiger partial charge is 0.282 e. The molecule has 8 heteroatoms. The quantitative estimate of drug-likeness (QED) is 0.371. The smallest absolute Gasteiger partial charge is 0.274 e. The third kappa shape index (κ3) is 1.87. The van der Waals surface area contributed by atoms with E-state index in [1.54, 1.807) is 0 Å². The number of halogens is 2. The molecule has 1 fully saturated rings. The number of nitrogens with zero attached hydrogens (tertiary/aromatic N) is 2. The number of amides is 2. The summed E-state index contributed by atoms with van der Waals surface area (Å²) in [5, 5.41) is 10.9. The van der Waals surface area contributed by atoms with Gasteiger partial charge in [0.25, 0.3) is 17.5 Å². The molecule has 104 valence electrons. The van der Waals surface area contributed by atoms with Crippen LogP contribution in [0.5, 0.6) is 0 Å². The Morgan fingerprint density at radius 3 is 2.55 bits per heavy atom. The molecule has 0 saturated heterocycles. The molecular weight excluding hydrogens is 307 g/mol. The van der Waals surface area contributed by atoms with Gasteiger partial charge in [0.15, 0.2) is 0 Å². The van der Waals surface area contributed by atoms with E-state index in [-0.39, 0.29) is 29.3 Å². The summed E-state index contributed by atoms with van der Waals surface area (Å²) in [5.74, 6) is -1.38. The summed E-state index contributed by atoms with van der Waals surface area (Å²) in [7, 11) is 0. The Kier molecular flexibility index (Phi) is 2.78. The van der Waals surface area contributed by atoms with E-state index in [2.05, 4.69) is 0 Å². The molecule has 20 heavy (non-hydrogen) atoms. The monoisotopic (exact) mass is 314 g/mol. The third-order valence-electron chi connectivity index (χ3n) is 3.53. The summed E-state index contributed by atoms with van der Waals surface area (Å²) in [5.41, 5.74) is -0.459. The van der Waals surface area contributed by atoms with Crippen molar-refractivity contribution in [2.24, 2.45) is 5.92 Å². The van der Waals surface area contributed by atoms with Crippen LogP contribution in [-0.4, -0.2) is 32.5 Å². The van der Waals surface area contributed by atoms with Gasteiger partial charge in [-0.05, 0) is 12.5 Å². The van der Waals surface area contributed by atoms with Crippen LogP contribution < -0.4 is 0 Å². The molecule has 0 radical (unpaired) electrons. The number of nitro groups is 1. The molecule has 0 unspecified atom stereocenters. The maximum absolute atomic E-state index is 12.2. The summed E-state index contributed by atoms with van der Waals surface area (Å²) >= 11 is 11.8. The fourth-order valence-corrected chi connectivity index (χ4v) is 2.83. The Bertz CT molecular complexity index is 659. The minimum atomic E-state index is -0.915. The highest BCUT2D eigenvalue weighted by Crippen LogP contribution is 2.53. The first kappa shape index (κ1) is 13.3. The van der Waals surface area contributed by atoms with E-state index in [1.165, 1.54) is 18.2 Å². The second-order valence-corrected chi connectivity index (χ2v) is 6.38. The molecule has 1 aliphatic heterocycles. The van der Waals surface area contributed by atoms with E-state index in [0.29, 0.717) is 6.42 Å². The van der Waals surface area contributed by atoms with E-state index in [1.807, 2.05) is 0 Å². The number of alkyl halides is 2. The van der Waals surface area contributed by atoms with Crippen LogP contribution >= 0.6 is 23.2 Å². The number of benzene rings is 1. The zero-order chi connectivity index (χ0) is 14.7. The van der Waals surface area contributed by atoms with Gasteiger partial charge in [-0.2, -0.15) is 0 Å². The number of rotatable bonds is 3. The van der Waals surface area contributed by atoms with Crippen LogP contribution in [0, 0.1) is 16.0 Å². The first-order valence-corrected chi connectivity index (χ1v) is 6.60.